The molecular weight excluding hydrogens is 428 g/mol. The fourth-order valence-corrected chi connectivity index (χ4v) is 4.17. The first-order valence-corrected chi connectivity index (χ1v) is 13.4. The lowest BCUT2D eigenvalue weighted by Gasteiger charge is -2.36. The lowest BCUT2D eigenvalue weighted by atomic mass is 10.1. The number of hydrogen-bond acceptors (Lipinski definition) is 4. The van der Waals surface area contributed by atoms with Gasteiger partial charge in [-0.25, -0.2) is 8.42 Å². The summed E-state index contributed by atoms with van der Waals surface area (Å²) in [6.45, 7) is 12.3. The molecule has 30 heavy (non-hydrogen) atoms. The van der Waals surface area contributed by atoms with Gasteiger partial charge in [0.1, 0.15) is 0 Å². The second kappa shape index (κ2) is 13.3. The van der Waals surface area contributed by atoms with E-state index < -0.39 is 20.4 Å². The van der Waals surface area contributed by atoms with E-state index in [1.807, 2.05) is 24.3 Å². The number of anilines is 1. The summed E-state index contributed by atoms with van der Waals surface area (Å²) < 4.78 is 58.5. The normalized spacial score (nSPS) is 14.0. The highest BCUT2D eigenvalue weighted by Gasteiger charge is 2.21. The number of nitrogens with one attached hydrogen (secondary N) is 1. The molecule has 8 nitrogen and oxygen atoms in total. The van der Waals surface area contributed by atoms with Gasteiger partial charge < -0.3 is 4.48 Å². The Morgan fingerprint density at radius 3 is 1.93 bits per heavy atom. The molecule has 1 rings (SSSR count). The summed E-state index contributed by atoms with van der Waals surface area (Å²) in [6, 6.07) is 7.78. The molecule has 0 bridgehead atoms. The van der Waals surface area contributed by atoms with Crippen LogP contribution in [-0.2, 0) is 26.8 Å². The van der Waals surface area contributed by atoms with E-state index in [9.17, 15) is 8.42 Å². The molecule has 0 aromatic heterocycles. The molecule has 0 radical (unpaired) electrons. The third-order valence-corrected chi connectivity index (χ3v) is 5.90. The van der Waals surface area contributed by atoms with Crippen molar-refractivity contribution in [3.8, 4) is 0 Å². The van der Waals surface area contributed by atoms with E-state index >= 15 is 0 Å². The van der Waals surface area contributed by atoms with Crippen LogP contribution in [0.5, 0.6) is 0 Å². The molecule has 1 unspecified atom stereocenters. The van der Waals surface area contributed by atoms with Crippen molar-refractivity contribution in [3.63, 3.8) is 0 Å². The van der Waals surface area contributed by atoms with Crippen molar-refractivity contribution in [1.82, 2.24) is 0 Å². The second-order valence-electron chi connectivity index (χ2n) is 8.25. The fourth-order valence-electron chi connectivity index (χ4n) is 3.53. The minimum atomic E-state index is -4.67. The Labute approximate surface area is 182 Å². The molecule has 1 atom stereocenters. The molecule has 176 valence electrons. The Morgan fingerprint density at radius 2 is 1.50 bits per heavy atom. The average Bonchev–Trinajstić information content (AvgIpc) is 2.58. The van der Waals surface area contributed by atoms with Crippen molar-refractivity contribution in [1.29, 1.82) is 0 Å². The van der Waals surface area contributed by atoms with Gasteiger partial charge in [-0.3, -0.25) is 13.8 Å². The van der Waals surface area contributed by atoms with E-state index in [-0.39, 0.29) is 5.75 Å². The monoisotopic (exact) mass is 467 g/mol. The van der Waals surface area contributed by atoms with Crippen LogP contribution in [0, 0.1) is 5.92 Å². The summed E-state index contributed by atoms with van der Waals surface area (Å²) in [7, 11) is -5.47. The van der Waals surface area contributed by atoms with Crippen LogP contribution in [0.4, 0.5) is 5.69 Å². The standard InChI is InChI=1S/C20H37N2O2S.H2O4S/c1-6-15-22(5,17-18(3)4)16-9-8-10-19-11-13-20(14-12-19)21-25(23,24)7-2;1-5(2,3)4/h11-14,18,21H,6-10,15-17H2,1-5H3;(H2,1,2,3,4)/q+1;. The number of aryl methyl sites for hydroxylation is 1. The van der Waals surface area contributed by atoms with Gasteiger partial charge in [0, 0.05) is 11.6 Å². The van der Waals surface area contributed by atoms with Gasteiger partial charge in [0.05, 0.1) is 32.4 Å². The number of unbranched alkanes of at least 4 members (excludes halogenated alkanes) is 1. The molecule has 0 spiro atoms. The summed E-state index contributed by atoms with van der Waals surface area (Å²) in [4.78, 5) is 0. The van der Waals surface area contributed by atoms with Crippen LogP contribution < -0.4 is 4.72 Å². The zero-order valence-electron chi connectivity index (χ0n) is 18.8. The third-order valence-electron chi connectivity index (χ3n) is 4.59. The molecule has 0 saturated heterocycles. The maximum absolute atomic E-state index is 11.6. The lowest BCUT2D eigenvalue weighted by Crippen LogP contribution is -2.47. The van der Waals surface area contributed by atoms with Crippen molar-refractivity contribution >= 4 is 26.1 Å². The smallest absolute Gasteiger partial charge is 0.326 e. The quantitative estimate of drug-likeness (QED) is 0.245. The molecule has 0 saturated carbocycles. The van der Waals surface area contributed by atoms with Crippen LogP contribution in [0.2, 0.25) is 0 Å². The van der Waals surface area contributed by atoms with Crippen molar-refractivity contribution < 1.29 is 30.4 Å². The highest BCUT2D eigenvalue weighted by molar-refractivity contribution is 7.92. The van der Waals surface area contributed by atoms with Gasteiger partial charge in [-0.1, -0.05) is 32.9 Å². The Hall–Kier alpha value is -1.20. The van der Waals surface area contributed by atoms with Gasteiger partial charge in [0.15, 0.2) is 0 Å². The minimum absolute atomic E-state index is 0.0971. The van der Waals surface area contributed by atoms with Gasteiger partial charge in [-0.05, 0) is 50.3 Å². The summed E-state index contributed by atoms with van der Waals surface area (Å²) in [5.41, 5.74) is 1.92. The van der Waals surface area contributed by atoms with Crippen molar-refractivity contribution in [3.05, 3.63) is 29.8 Å². The molecule has 10 heteroatoms. The summed E-state index contributed by atoms with van der Waals surface area (Å²) in [5, 5.41) is 0. The molecule has 0 aliphatic rings. The van der Waals surface area contributed by atoms with E-state index in [2.05, 4.69) is 32.5 Å². The number of quaternary nitrogens is 1. The fraction of sp³-hybridized carbons (Fsp3) is 0.700. The SMILES string of the molecule is CCC[N+](C)(CCCCc1ccc(NS(=O)(=O)CC)cc1)CC(C)C.O=S(=O)(O)O. The maximum atomic E-state index is 11.6. The van der Waals surface area contributed by atoms with Crippen LogP contribution in [0.1, 0.15) is 52.5 Å². The van der Waals surface area contributed by atoms with Crippen molar-refractivity contribution in [2.45, 2.75) is 53.4 Å². The van der Waals surface area contributed by atoms with Gasteiger partial charge >= 0.3 is 10.4 Å². The summed E-state index contributed by atoms with van der Waals surface area (Å²) >= 11 is 0. The van der Waals surface area contributed by atoms with Gasteiger partial charge in [-0.2, -0.15) is 8.42 Å². The van der Waals surface area contributed by atoms with E-state index in [0.717, 1.165) is 12.3 Å². The first-order chi connectivity index (χ1) is 13.7. The Morgan fingerprint density at radius 1 is 0.967 bits per heavy atom. The number of hydrogen-bond donors (Lipinski definition) is 3. The van der Waals surface area contributed by atoms with E-state index in [1.165, 1.54) is 48.9 Å². The Balaban J connectivity index is 0.00000150. The van der Waals surface area contributed by atoms with Crippen LogP contribution >= 0.6 is 0 Å². The maximum Gasteiger partial charge on any atom is 0.394 e. The topological polar surface area (TPSA) is 121 Å². The van der Waals surface area contributed by atoms with E-state index in [4.69, 9.17) is 17.5 Å². The molecule has 0 amide bonds. The van der Waals surface area contributed by atoms with Gasteiger partial charge in [0.2, 0.25) is 10.0 Å². The number of nitrogens with zero attached hydrogens (tertiary/aromatic N) is 1. The van der Waals surface area contributed by atoms with Crippen LogP contribution in [0.3, 0.4) is 0 Å². The lowest BCUT2D eigenvalue weighted by molar-refractivity contribution is -0.912. The van der Waals surface area contributed by atoms with Crippen LogP contribution in [0.15, 0.2) is 24.3 Å². The van der Waals surface area contributed by atoms with E-state index in [1.54, 1.807) is 6.92 Å². The van der Waals surface area contributed by atoms with Crippen LogP contribution in [-0.4, -0.2) is 62.9 Å². The molecule has 0 aliphatic heterocycles. The minimum Gasteiger partial charge on any atom is -0.326 e. The average molecular weight is 468 g/mol. The molecule has 0 aliphatic carbocycles. The molecule has 1 aromatic carbocycles. The second-order valence-corrected chi connectivity index (χ2v) is 11.2. The number of benzene rings is 1. The predicted molar refractivity (Wildman–Crippen MR) is 123 cm³/mol. The molecular formula is C20H39N2O6S2+. The highest BCUT2D eigenvalue weighted by atomic mass is 32.3. The van der Waals surface area contributed by atoms with Gasteiger partial charge in [-0.15, -0.1) is 0 Å². The number of sulfonamides is 1. The summed E-state index contributed by atoms with van der Waals surface area (Å²) in [6.07, 6.45) is 4.69. The predicted octanol–water partition coefficient (Wildman–Crippen LogP) is 3.63. The van der Waals surface area contributed by atoms with E-state index in [0.29, 0.717) is 5.69 Å². The van der Waals surface area contributed by atoms with Crippen molar-refractivity contribution in [2.75, 3.05) is 37.2 Å². The summed E-state index contributed by atoms with van der Waals surface area (Å²) in [5.74, 6) is 0.830. The zero-order valence-corrected chi connectivity index (χ0v) is 20.5. The third kappa shape index (κ3) is 15.6. The Kier molecular flexibility index (Phi) is 12.7. The largest absolute Gasteiger partial charge is 0.394 e. The number of rotatable bonds is 12. The van der Waals surface area contributed by atoms with Gasteiger partial charge in [0.25, 0.3) is 0 Å². The first-order valence-electron chi connectivity index (χ1n) is 10.3. The van der Waals surface area contributed by atoms with Crippen LogP contribution in [0.25, 0.3) is 0 Å². The molecule has 1 aromatic rings. The van der Waals surface area contributed by atoms with Crippen molar-refractivity contribution in [2.24, 2.45) is 5.92 Å². The first kappa shape index (κ1) is 28.8. The molecule has 0 heterocycles. The molecule has 3 N–H and O–H groups in total. The zero-order chi connectivity index (χ0) is 23.4. The highest BCUT2D eigenvalue weighted by Crippen LogP contribution is 2.15. The Bertz CT molecular complexity index is 800. The molecule has 0 fully saturated rings.